The van der Waals surface area contributed by atoms with E-state index in [1.165, 1.54) is 19.3 Å². The van der Waals surface area contributed by atoms with E-state index in [1.54, 1.807) is 18.2 Å². The third kappa shape index (κ3) is 5.56. The van der Waals surface area contributed by atoms with Crippen molar-refractivity contribution >= 4 is 23.5 Å². The van der Waals surface area contributed by atoms with E-state index in [0.717, 1.165) is 28.3 Å². The van der Waals surface area contributed by atoms with Gasteiger partial charge in [-0.25, -0.2) is 9.97 Å². The number of amides is 2. The van der Waals surface area contributed by atoms with Gasteiger partial charge in [-0.1, -0.05) is 12.1 Å². The molecule has 2 heterocycles. The first-order chi connectivity index (χ1) is 15.0. The highest BCUT2D eigenvalue weighted by molar-refractivity contribution is 5.94. The lowest BCUT2D eigenvalue weighted by atomic mass is 10.0. The van der Waals surface area contributed by atoms with Crippen molar-refractivity contribution in [3.8, 4) is 11.1 Å². The fourth-order valence-corrected chi connectivity index (χ4v) is 2.92. The van der Waals surface area contributed by atoms with Crippen LogP contribution < -0.4 is 11.1 Å². The van der Waals surface area contributed by atoms with Crippen molar-refractivity contribution in [3.05, 3.63) is 65.7 Å². The zero-order valence-corrected chi connectivity index (χ0v) is 17.1. The minimum Gasteiger partial charge on any atom is -0.368 e. The fraction of sp³-hybridized carbons (Fsp3) is 0.190. The van der Waals surface area contributed by atoms with E-state index in [4.69, 9.17) is 5.73 Å². The summed E-state index contributed by atoms with van der Waals surface area (Å²) in [5.74, 6) is -1.28. The summed E-state index contributed by atoms with van der Waals surface area (Å²) in [7, 11) is 1.44. The van der Waals surface area contributed by atoms with E-state index >= 15 is 0 Å². The average Bonchev–Trinajstić information content (AvgIpc) is 2.72. The summed E-state index contributed by atoms with van der Waals surface area (Å²) in [5.41, 5.74) is 6.90. The monoisotopic (exact) mass is 444 g/mol. The number of nitrogens with one attached hydrogen (secondary N) is 1. The van der Waals surface area contributed by atoms with Crippen LogP contribution in [0.3, 0.4) is 0 Å². The Labute approximate surface area is 181 Å². The number of alkyl halides is 3. The molecule has 166 valence electrons. The number of benzene rings is 1. The number of primary amides is 1. The molecule has 11 heteroatoms. The van der Waals surface area contributed by atoms with Crippen LogP contribution in [-0.2, 0) is 11.0 Å². The second-order valence-corrected chi connectivity index (χ2v) is 7.04. The van der Waals surface area contributed by atoms with Crippen molar-refractivity contribution in [2.75, 3.05) is 18.9 Å². The maximum atomic E-state index is 12.9. The largest absolute Gasteiger partial charge is 0.433 e. The van der Waals surface area contributed by atoms with Crippen LogP contribution in [0.2, 0.25) is 0 Å². The van der Waals surface area contributed by atoms with Crippen molar-refractivity contribution < 1.29 is 22.8 Å². The minimum absolute atomic E-state index is 0.140. The summed E-state index contributed by atoms with van der Waals surface area (Å²) in [4.78, 5) is 35.9. The van der Waals surface area contributed by atoms with Gasteiger partial charge in [0.1, 0.15) is 11.4 Å². The van der Waals surface area contributed by atoms with Gasteiger partial charge in [-0.3, -0.25) is 14.6 Å². The fourth-order valence-electron chi connectivity index (χ4n) is 2.92. The molecule has 0 atom stereocenters. The third-order valence-corrected chi connectivity index (χ3v) is 4.34. The Balaban J connectivity index is 1.83. The zero-order valence-electron chi connectivity index (χ0n) is 17.1. The number of aryl methyl sites for hydroxylation is 1. The van der Waals surface area contributed by atoms with Gasteiger partial charge in [-0.15, -0.1) is 0 Å². The highest BCUT2D eigenvalue weighted by atomic mass is 19.4. The average molecular weight is 444 g/mol. The van der Waals surface area contributed by atoms with Gasteiger partial charge in [-0.2, -0.15) is 13.2 Å². The van der Waals surface area contributed by atoms with Gasteiger partial charge in [0.25, 0.3) is 5.91 Å². The summed E-state index contributed by atoms with van der Waals surface area (Å²) < 4.78 is 38.6. The standard InChI is InChI=1S/C21H19F3N6O2/c1-12-7-14(13-3-4-16(27-10-13)19(32)30(2)11-18(25)31)9-15(8-12)28-20-26-6-5-17(29-20)21(22,23)24/h3-10H,11H2,1-2H3,(H2,25,31)(H,26,28,29). The van der Waals surface area contributed by atoms with E-state index < -0.39 is 23.7 Å². The first-order valence-electron chi connectivity index (χ1n) is 9.32. The number of halogens is 3. The predicted molar refractivity (Wildman–Crippen MR) is 111 cm³/mol. The number of rotatable bonds is 6. The van der Waals surface area contributed by atoms with Crippen molar-refractivity contribution in [3.63, 3.8) is 0 Å². The van der Waals surface area contributed by atoms with E-state index in [9.17, 15) is 22.8 Å². The normalized spacial score (nSPS) is 11.2. The molecule has 0 unspecified atom stereocenters. The maximum Gasteiger partial charge on any atom is 0.433 e. The van der Waals surface area contributed by atoms with Crippen LogP contribution in [0.4, 0.5) is 24.8 Å². The molecule has 3 rings (SSSR count). The molecule has 0 bridgehead atoms. The van der Waals surface area contributed by atoms with Gasteiger partial charge in [-0.05, 0) is 42.3 Å². The van der Waals surface area contributed by atoms with Gasteiger partial charge in [0.15, 0.2) is 0 Å². The van der Waals surface area contributed by atoms with Crippen LogP contribution in [0.1, 0.15) is 21.7 Å². The molecule has 0 fully saturated rings. The lowest BCUT2D eigenvalue weighted by Crippen LogP contribution is -2.35. The van der Waals surface area contributed by atoms with Gasteiger partial charge in [0, 0.05) is 30.7 Å². The molecule has 0 aliphatic rings. The summed E-state index contributed by atoms with van der Waals surface area (Å²) in [6, 6.07) is 9.28. The SMILES string of the molecule is Cc1cc(Nc2nccc(C(F)(F)F)n2)cc(-c2ccc(C(=O)N(C)CC(N)=O)nc2)c1. The quantitative estimate of drug-likeness (QED) is 0.604. The molecule has 0 aliphatic carbocycles. The lowest BCUT2D eigenvalue weighted by molar-refractivity contribution is -0.141. The van der Waals surface area contributed by atoms with E-state index in [1.807, 2.05) is 13.0 Å². The number of nitrogens with zero attached hydrogens (tertiary/aromatic N) is 4. The minimum atomic E-state index is -4.58. The number of hydrogen-bond donors (Lipinski definition) is 2. The van der Waals surface area contributed by atoms with Crippen LogP contribution in [0, 0.1) is 6.92 Å². The molecule has 1 aromatic carbocycles. The topological polar surface area (TPSA) is 114 Å². The number of anilines is 2. The predicted octanol–water partition coefficient (Wildman–Crippen LogP) is 3.17. The van der Waals surface area contributed by atoms with E-state index in [2.05, 4.69) is 20.3 Å². The molecule has 8 nitrogen and oxygen atoms in total. The van der Waals surface area contributed by atoms with Crippen molar-refractivity contribution in [2.24, 2.45) is 5.73 Å². The van der Waals surface area contributed by atoms with E-state index in [-0.39, 0.29) is 18.2 Å². The van der Waals surface area contributed by atoms with E-state index in [0.29, 0.717) is 11.3 Å². The molecule has 0 saturated heterocycles. The number of hydrogen-bond acceptors (Lipinski definition) is 6. The highest BCUT2D eigenvalue weighted by Gasteiger charge is 2.32. The molecule has 0 saturated carbocycles. The van der Waals surface area contributed by atoms with Crippen LogP contribution in [0.5, 0.6) is 0 Å². The molecular formula is C21H19F3N6O2. The Morgan fingerprint density at radius 1 is 1.09 bits per heavy atom. The lowest BCUT2D eigenvalue weighted by Gasteiger charge is -2.14. The smallest absolute Gasteiger partial charge is 0.368 e. The van der Waals surface area contributed by atoms with Crippen LogP contribution >= 0.6 is 0 Å². The number of nitrogens with two attached hydrogens (primary N) is 1. The number of pyridine rings is 1. The Morgan fingerprint density at radius 3 is 2.47 bits per heavy atom. The Kier molecular flexibility index (Phi) is 6.37. The zero-order chi connectivity index (χ0) is 23.5. The second kappa shape index (κ2) is 9.00. The highest BCUT2D eigenvalue weighted by Crippen LogP contribution is 2.29. The first-order valence-corrected chi connectivity index (χ1v) is 9.32. The number of aromatic nitrogens is 3. The molecule has 2 aromatic heterocycles. The van der Waals surface area contributed by atoms with Crippen molar-refractivity contribution in [1.82, 2.24) is 19.9 Å². The van der Waals surface area contributed by atoms with Gasteiger partial charge >= 0.3 is 6.18 Å². The van der Waals surface area contributed by atoms with Gasteiger partial charge in [0.05, 0.1) is 6.54 Å². The van der Waals surface area contributed by atoms with Gasteiger partial charge in [0.2, 0.25) is 11.9 Å². The van der Waals surface area contributed by atoms with Crippen molar-refractivity contribution in [2.45, 2.75) is 13.1 Å². The molecule has 3 N–H and O–H groups in total. The summed E-state index contributed by atoms with van der Waals surface area (Å²) in [6.45, 7) is 1.60. The van der Waals surface area contributed by atoms with Crippen LogP contribution in [0.15, 0.2) is 48.8 Å². The summed E-state index contributed by atoms with van der Waals surface area (Å²) in [5, 5.41) is 2.78. The summed E-state index contributed by atoms with van der Waals surface area (Å²) >= 11 is 0. The Hall–Kier alpha value is -4.02. The molecule has 3 aromatic rings. The maximum absolute atomic E-state index is 12.9. The van der Waals surface area contributed by atoms with Gasteiger partial charge < -0.3 is 16.0 Å². The summed E-state index contributed by atoms with van der Waals surface area (Å²) in [6.07, 6.45) is -2.05. The molecule has 0 radical (unpaired) electrons. The molecule has 0 spiro atoms. The first kappa shape index (κ1) is 22.7. The number of carbonyl (C=O) groups excluding carboxylic acids is 2. The third-order valence-electron chi connectivity index (χ3n) is 4.34. The molecule has 32 heavy (non-hydrogen) atoms. The van der Waals surface area contributed by atoms with Crippen molar-refractivity contribution in [1.29, 1.82) is 0 Å². The number of carbonyl (C=O) groups is 2. The molecular weight excluding hydrogens is 425 g/mol. The Bertz CT molecular complexity index is 1150. The van der Waals surface area contributed by atoms with Crippen LogP contribution in [-0.4, -0.2) is 45.3 Å². The van der Waals surface area contributed by atoms with Crippen LogP contribution in [0.25, 0.3) is 11.1 Å². The second-order valence-electron chi connectivity index (χ2n) is 7.04. The molecule has 2 amide bonds. The Morgan fingerprint density at radius 2 is 1.84 bits per heavy atom. The molecule has 0 aliphatic heterocycles. The number of likely N-dealkylation sites (N-methyl/N-ethyl adjacent to an activating group) is 1.